The van der Waals surface area contributed by atoms with E-state index in [4.69, 9.17) is 0 Å². The second kappa shape index (κ2) is 5.69. The van der Waals surface area contributed by atoms with Gasteiger partial charge < -0.3 is 9.88 Å². The van der Waals surface area contributed by atoms with Crippen LogP contribution in [-0.2, 0) is 7.05 Å². The van der Waals surface area contributed by atoms with Gasteiger partial charge in [-0.25, -0.2) is 4.98 Å². The third-order valence-corrected chi connectivity index (χ3v) is 4.56. The Morgan fingerprint density at radius 3 is 3.00 bits per heavy atom. The summed E-state index contributed by atoms with van der Waals surface area (Å²) in [6.07, 6.45) is 4.45. The highest BCUT2D eigenvalue weighted by atomic mass is 32.1. The maximum absolute atomic E-state index is 12.6. The fourth-order valence-electron chi connectivity index (χ4n) is 2.49. The number of amides is 1. The van der Waals surface area contributed by atoms with E-state index in [0.29, 0.717) is 5.56 Å². The van der Waals surface area contributed by atoms with E-state index in [1.165, 1.54) is 4.88 Å². The average Bonchev–Trinajstić information content (AvgIpc) is 3.13. The molecule has 0 aliphatic rings. The number of aromatic nitrogens is 2. The highest BCUT2D eigenvalue weighted by Gasteiger charge is 2.18. The van der Waals surface area contributed by atoms with Crippen molar-refractivity contribution in [1.29, 1.82) is 0 Å². The van der Waals surface area contributed by atoms with Crippen LogP contribution in [0.3, 0.4) is 0 Å². The Morgan fingerprint density at radius 1 is 1.43 bits per heavy atom. The van der Waals surface area contributed by atoms with Gasteiger partial charge in [-0.3, -0.25) is 4.79 Å². The van der Waals surface area contributed by atoms with Crippen LogP contribution in [0.2, 0.25) is 0 Å². The molecule has 1 atom stereocenters. The standard InChI is InChI=1S/C16H17N3OS/c1-3-13(14-7-5-9-21-14)18-16(20)12-10-19(2)15-11(12)6-4-8-17-15/h4-10,13H,3H2,1-2H3,(H,18,20)/t13-/m1/s1. The first-order valence-corrected chi connectivity index (χ1v) is 7.83. The molecule has 0 fully saturated rings. The number of pyridine rings is 1. The summed E-state index contributed by atoms with van der Waals surface area (Å²) in [6, 6.07) is 7.92. The Morgan fingerprint density at radius 2 is 2.29 bits per heavy atom. The first-order chi connectivity index (χ1) is 10.2. The lowest BCUT2D eigenvalue weighted by molar-refractivity contribution is 0.0938. The molecule has 4 nitrogen and oxygen atoms in total. The minimum Gasteiger partial charge on any atom is -0.344 e. The minimum atomic E-state index is -0.0474. The Balaban J connectivity index is 1.90. The molecule has 1 N–H and O–H groups in total. The van der Waals surface area contributed by atoms with Gasteiger partial charge in [0.2, 0.25) is 0 Å². The lowest BCUT2D eigenvalue weighted by Gasteiger charge is -2.15. The van der Waals surface area contributed by atoms with Crippen molar-refractivity contribution in [1.82, 2.24) is 14.9 Å². The zero-order chi connectivity index (χ0) is 14.8. The van der Waals surface area contributed by atoms with Crippen LogP contribution in [0.25, 0.3) is 11.0 Å². The fourth-order valence-corrected chi connectivity index (χ4v) is 3.35. The van der Waals surface area contributed by atoms with Crippen LogP contribution < -0.4 is 5.32 Å². The Hall–Kier alpha value is -2.14. The summed E-state index contributed by atoms with van der Waals surface area (Å²) in [4.78, 5) is 18.1. The molecule has 0 aromatic carbocycles. The molecule has 21 heavy (non-hydrogen) atoms. The normalized spacial score (nSPS) is 12.5. The molecule has 0 bridgehead atoms. The molecular formula is C16H17N3OS. The van der Waals surface area contributed by atoms with Crippen LogP contribution in [-0.4, -0.2) is 15.5 Å². The van der Waals surface area contributed by atoms with Crippen molar-refractivity contribution in [2.75, 3.05) is 0 Å². The third kappa shape index (κ3) is 2.56. The monoisotopic (exact) mass is 299 g/mol. The van der Waals surface area contributed by atoms with Gasteiger partial charge in [-0.1, -0.05) is 13.0 Å². The van der Waals surface area contributed by atoms with Crippen LogP contribution in [0.4, 0.5) is 0 Å². The molecule has 0 aliphatic heterocycles. The van der Waals surface area contributed by atoms with Crippen molar-refractivity contribution >= 4 is 28.3 Å². The molecule has 108 valence electrons. The van der Waals surface area contributed by atoms with Crippen molar-refractivity contribution in [3.63, 3.8) is 0 Å². The number of fused-ring (bicyclic) bond motifs is 1. The average molecular weight is 299 g/mol. The summed E-state index contributed by atoms with van der Waals surface area (Å²) < 4.78 is 1.89. The predicted octanol–water partition coefficient (Wildman–Crippen LogP) is 3.52. The highest BCUT2D eigenvalue weighted by molar-refractivity contribution is 7.10. The number of hydrogen-bond donors (Lipinski definition) is 1. The van der Waals surface area contributed by atoms with Crippen molar-refractivity contribution in [3.05, 3.63) is 52.5 Å². The molecule has 3 rings (SSSR count). The summed E-state index contributed by atoms with van der Waals surface area (Å²) in [5.74, 6) is -0.0474. The summed E-state index contributed by atoms with van der Waals surface area (Å²) in [5, 5.41) is 6.04. The van der Waals surface area contributed by atoms with E-state index in [9.17, 15) is 4.79 Å². The largest absolute Gasteiger partial charge is 0.344 e. The van der Waals surface area contributed by atoms with E-state index >= 15 is 0 Å². The molecule has 3 heterocycles. The van der Waals surface area contributed by atoms with E-state index < -0.39 is 0 Å². The van der Waals surface area contributed by atoms with E-state index in [1.807, 2.05) is 41.4 Å². The van der Waals surface area contributed by atoms with E-state index in [2.05, 4.69) is 23.3 Å². The molecule has 0 saturated heterocycles. The van der Waals surface area contributed by atoms with Crippen molar-refractivity contribution in [2.45, 2.75) is 19.4 Å². The molecule has 5 heteroatoms. The number of nitrogens with one attached hydrogen (secondary N) is 1. The van der Waals surface area contributed by atoms with E-state index in [0.717, 1.165) is 17.5 Å². The van der Waals surface area contributed by atoms with Gasteiger partial charge in [-0.05, 0) is 30.0 Å². The van der Waals surface area contributed by atoms with Gasteiger partial charge in [0.1, 0.15) is 5.65 Å². The fraction of sp³-hybridized carbons (Fsp3) is 0.250. The second-order valence-corrected chi connectivity index (χ2v) is 5.96. The topological polar surface area (TPSA) is 46.9 Å². The number of carbonyl (C=O) groups excluding carboxylic acids is 1. The van der Waals surface area contributed by atoms with Gasteiger partial charge in [-0.15, -0.1) is 11.3 Å². The van der Waals surface area contributed by atoms with Crippen molar-refractivity contribution < 1.29 is 4.79 Å². The second-order valence-electron chi connectivity index (χ2n) is 4.98. The van der Waals surface area contributed by atoms with E-state index in [1.54, 1.807) is 17.5 Å². The lowest BCUT2D eigenvalue weighted by atomic mass is 10.1. The van der Waals surface area contributed by atoms with Crippen molar-refractivity contribution in [2.24, 2.45) is 7.05 Å². The molecule has 3 aromatic rings. The van der Waals surface area contributed by atoms with Crippen molar-refractivity contribution in [3.8, 4) is 0 Å². The smallest absolute Gasteiger partial charge is 0.254 e. The van der Waals surface area contributed by atoms with Gasteiger partial charge in [-0.2, -0.15) is 0 Å². The molecule has 0 aliphatic carbocycles. The van der Waals surface area contributed by atoms with E-state index in [-0.39, 0.29) is 11.9 Å². The SMILES string of the molecule is CC[C@@H](NC(=O)c1cn(C)c2ncccc12)c1cccs1. The van der Waals surface area contributed by atoms with Crippen LogP contribution in [0.1, 0.15) is 34.6 Å². The molecule has 0 unspecified atom stereocenters. The summed E-state index contributed by atoms with van der Waals surface area (Å²) in [7, 11) is 1.91. The highest BCUT2D eigenvalue weighted by Crippen LogP contribution is 2.24. The quantitative estimate of drug-likeness (QED) is 0.801. The number of aryl methyl sites for hydroxylation is 1. The molecule has 1 amide bonds. The molecule has 0 spiro atoms. The van der Waals surface area contributed by atoms with Crippen LogP contribution in [0.5, 0.6) is 0 Å². The number of rotatable bonds is 4. The van der Waals surface area contributed by atoms with Crippen LogP contribution >= 0.6 is 11.3 Å². The summed E-state index contributed by atoms with van der Waals surface area (Å²) >= 11 is 1.67. The Labute approximate surface area is 127 Å². The number of nitrogens with zero attached hydrogens (tertiary/aromatic N) is 2. The number of carbonyl (C=O) groups is 1. The first kappa shape index (κ1) is 13.8. The summed E-state index contributed by atoms with van der Waals surface area (Å²) in [6.45, 7) is 2.08. The maximum atomic E-state index is 12.6. The Bertz CT molecular complexity index is 761. The number of thiophene rings is 1. The zero-order valence-electron chi connectivity index (χ0n) is 12.0. The zero-order valence-corrected chi connectivity index (χ0v) is 12.9. The van der Waals surface area contributed by atoms with Gasteiger partial charge in [0.25, 0.3) is 5.91 Å². The molecule has 0 radical (unpaired) electrons. The predicted molar refractivity (Wildman–Crippen MR) is 85.5 cm³/mol. The Kier molecular flexibility index (Phi) is 3.75. The third-order valence-electron chi connectivity index (χ3n) is 3.58. The van der Waals surface area contributed by atoms with Gasteiger partial charge in [0.15, 0.2) is 0 Å². The van der Waals surface area contributed by atoms with Crippen LogP contribution in [0.15, 0.2) is 42.0 Å². The van der Waals surface area contributed by atoms with Gasteiger partial charge >= 0.3 is 0 Å². The molecule has 0 saturated carbocycles. The summed E-state index contributed by atoms with van der Waals surface area (Å²) in [5.41, 5.74) is 1.50. The lowest BCUT2D eigenvalue weighted by Crippen LogP contribution is -2.27. The minimum absolute atomic E-state index is 0.0474. The van der Waals surface area contributed by atoms with Gasteiger partial charge in [0, 0.05) is 29.7 Å². The maximum Gasteiger partial charge on any atom is 0.254 e. The molecular weight excluding hydrogens is 282 g/mol. The molecule has 3 aromatic heterocycles. The first-order valence-electron chi connectivity index (χ1n) is 6.95. The van der Waals surface area contributed by atoms with Crippen LogP contribution in [0, 0.1) is 0 Å². The van der Waals surface area contributed by atoms with Gasteiger partial charge in [0.05, 0.1) is 11.6 Å². The number of hydrogen-bond acceptors (Lipinski definition) is 3.